The molecule has 1 aromatic carbocycles. The van der Waals surface area contributed by atoms with Gasteiger partial charge in [-0.25, -0.2) is 0 Å². The average Bonchev–Trinajstić information content (AvgIpc) is 3.11. The van der Waals surface area contributed by atoms with Gasteiger partial charge in [-0.15, -0.1) is 0 Å². The molecule has 1 atom stereocenters. The third kappa shape index (κ3) is 4.34. The monoisotopic (exact) mass is 397 g/mol. The summed E-state index contributed by atoms with van der Waals surface area (Å²) in [5.41, 5.74) is 0.761. The second kappa shape index (κ2) is 7.03. The molecule has 1 N–H and O–H groups in total. The van der Waals surface area contributed by atoms with E-state index >= 15 is 0 Å². The molecule has 2 aromatic rings. The Bertz CT molecular complexity index is 681. The molecule has 1 unspecified atom stereocenters. The molecule has 3 rings (SSSR count). The summed E-state index contributed by atoms with van der Waals surface area (Å²) < 4.78 is 8.00. The number of ether oxygens (including phenoxy) is 1. The number of hydrogen-bond donors (Lipinski definition) is 1. The molecule has 1 aromatic heterocycles. The van der Waals surface area contributed by atoms with E-state index in [9.17, 15) is 4.79 Å². The third-order valence-corrected chi connectivity index (χ3v) is 4.53. The van der Waals surface area contributed by atoms with Crippen molar-refractivity contribution >= 4 is 33.4 Å². The Balaban J connectivity index is 1.67. The van der Waals surface area contributed by atoms with Crippen molar-refractivity contribution in [2.45, 2.75) is 24.9 Å². The summed E-state index contributed by atoms with van der Waals surface area (Å²) in [7, 11) is 0. The molecule has 1 fully saturated rings. The zero-order chi connectivity index (χ0) is 16.3. The summed E-state index contributed by atoms with van der Waals surface area (Å²) in [5.74, 6) is -0.0694. The van der Waals surface area contributed by atoms with Crippen LogP contribution in [0.25, 0.3) is 0 Å². The van der Waals surface area contributed by atoms with Gasteiger partial charge >= 0.3 is 0 Å². The molecule has 23 heavy (non-hydrogen) atoms. The highest BCUT2D eigenvalue weighted by Gasteiger charge is 2.36. The Kier molecular flexibility index (Phi) is 5.04. The maximum absolute atomic E-state index is 12.4. The highest BCUT2D eigenvalue weighted by Crippen LogP contribution is 2.24. The van der Waals surface area contributed by atoms with Crippen LogP contribution in [0, 0.1) is 0 Å². The van der Waals surface area contributed by atoms with Gasteiger partial charge in [-0.3, -0.25) is 9.48 Å². The van der Waals surface area contributed by atoms with Crippen LogP contribution in [0.4, 0.5) is 0 Å². The van der Waals surface area contributed by atoms with Gasteiger partial charge < -0.3 is 10.1 Å². The molecule has 1 amide bonds. The van der Waals surface area contributed by atoms with E-state index < -0.39 is 0 Å². The summed E-state index contributed by atoms with van der Waals surface area (Å²) >= 11 is 9.26. The molecule has 0 aliphatic carbocycles. The van der Waals surface area contributed by atoms with Crippen molar-refractivity contribution in [3.8, 4) is 0 Å². The van der Waals surface area contributed by atoms with Crippen LogP contribution in [0.1, 0.15) is 12.0 Å². The van der Waals surface area contributed by atoms with Crippen LogP contribution < -0.4 is 5.32 Å². The maximum Gasteiger partial charge on any atom is 0.242 e. The van der Waals surface area contributed by atoms with Crippen LogP contribution >= 0.6 is 27.5 Å². The standard InChI is InChI=1S/C16H17BrClN3O2/c17-13-8-19-21(9-13)10-15(22)20-16(5-6-23-11-16)7-12-1-3-14(18)4-2-12/h1-4,8-9H,5-7,10-11H2,(H,20,22). The van der Waals surface area contributed by atoms with Crippen LogP contribution in [0.2, 0.25) is 5.02 Å². The second-order valence-electron chi connectivity index (χ2n) is 5.79. The Morgan fingerprint density at radius 2 is 2.22 bits per heavy atom. The number of aromatic nitrogens is 2. The lowest BCUT2D eigenvalue weighted by Crippen LogP contribution is -2.51. The highest BCUT2D eigenvalue weighted by atomic mass is 79.9. The smallest absolute Gasteiger partial charge is 0.242 e. The topological polar surface area (TPSA) is 56.2 Å². The summed E-state index contributed by atoms with van der Waals surface area (Å²) in [5, 5.41) is 7.96. The predicted octanol–water partition coefficient (Wildman–Crippen LogP) is 2.82. The predicted molar refractivity (Wildman–Crippen MR) is 91.4 cm³/mol. The van der Waals surface area contributed by atoms with E-state index in [0.717, 1.165) is 22.9 Å². The lowest BCUT2D eigenvalue weighted by molar-refractivity contribution is -0.123. The van der Waals surface area contributed by atoms with Crippen molar-refractivity contribution in [3.63, 3.8) is 0 Å². The minimum atomic E-state index is -0.366. The van der Waals surface area contributed by atoms with Crippen LogP contribution in [0.15, 0.2) is 41.1 Å². The van der Waals surface area contributed by atoms with Crippen LogP contribution in [-0.4, -0.2) is 34.4 Å². The molecule has 122 valence electrons. The molecular formula is C16H17BrClN3O2. The minimum absolute atomic E-state index is 0.0694. The van der Waals surface area contributed by atoms with Crippen molar-refractivity contribution in [1.82, 2.24) is 15.1 Å². The number of halogens is 2. The number of benzene rings is 1. The fourth-order valence-electron chi connectivity index (χ4n) is 2.79. The normalized spacial score (nSPS) is 20.6. The van der Waals surface area contributed by atoms with Crippen molar-refractivity contribution < 1.29 is 9.53 Å². The number of nitrogens with one attached hydrogen (secondary N) is 1. The maximum atomic E-state index is 12.4. The summed E-state index contributed by atoms with van der Waals surface area (Å²) in [6.45, 7) is 1.36. The Hall–Kier alpha value is -1.37. The Morgan fingerprint density at radius 3 is 2.83 bits per heavy atom. The van der Waals surface area contributed by atoms with Gasteiger partial charge in [0.15, 0.2) is 0 Å². The fourth-order valence-corrected chi connectivity index (χ4v) is 3.24. The summed E-state index contributed by atoms with van der Waals surface area (Å²) in [6, 6.07) is 7.70. The van der Waals surface area contributed by atoms with E-state index in [1.807, 2.05) is 24.3 Å². The first-order valence-electron chi connectivity index (χ1n) is 7.36. The quantitative estimate of drug-likeness (QED) is 0.842. The largest absolute Gasteiger partial charge is 0.379 e. The second-order valence-corrected chi connectivity index (χ2v) is 7.14. The van der Waals surface area contributed by atoms with E-state index in [4.69, 9.17) is 16.3 Å². The molecule has 2 heterocycles. The number of carbonyl (C=O) groups excluding carboxylic acids is 1. The molecule has 5 nitrogen and oxygen atoms in total. The van der Waals surface area contributed by atoms with E-state index in [1.54, 1.807) is 17.1 Å². The van der Waals surface area contributed by atoms with Gasteiger partial charge in [0.05, 0.1) is 22.8 Å². The molecule has 1 saturated heterocycles. The van der Waals surface area contributed by atoms with Gasteiger partial charge in [0.25, 0.3) is 0 Å². The third-order valence-electron chi connectivity index (χ3n) is 3.87. The van der Waals surface area contributed by atoms with E-state index in [0.29, 0.717) is 18.2 Å². The molecule has 0 saturated carbocycles. The van der Waals surface area contributed by atoms with E-state index in [-0.39, 0.29) is 18.0 Å². The first-order valence-corrected chi connectivity index (χ1v) is 8.53. The first-order chi connectivity index (χ1) is 11.0. The lowest BCUT2D eigenvalue weighted by atomic mass is 9.90. The first kappa shape index (κ1) is 16.5. The molecule has 0 spiro atoms. The van der Waals surface area contributed by atoms with Gasteiger partial charge in [0.1, 0.15) is 6.54 Å². The Morgan fingerprint density at radius 1 is 1.43 bits per heavy atom. The zero-order valence-corrected chi connectivity index (χ0v) is 14.8. The van der Waals surface area contributed by atoms with Crippen molar-refractivity contribution in [2.24, 2.45) is 0 Å². The van der Waals surface area contributed by atoms with E-state index in [2.05, 4.69) is 26.3 Å². The zero-order valence-electron chi connectivity index (χ0n) is 12.5. The average molecular weight is 399 g/mol. The van der Waals surface area contributed by atoms with Crippen molar-refractivity contribution in [3.05, 3.63) is 51.7 Å². The van der Waals surface area contributed by atoms with Crippen LogP contribution in [-0.2, 0) is 22.5 Å². The Labute approximate surface area is 148 Å². The van der Waals surface area contributed by atoms with Crippen molar-refractivity contribution in [2.75, 3.05) is 13.2 Å². The van der Waals surface area contributed by atoms with Gasteiger partial charge in [0.2, 0.25) is 5.91 Å². The molecule has 1 aliphatic heterocycles. The SMILES string of the molecule is O=C(Cn1cc(Br)cn1)NC1(Cc2ccc(Cl)cc2)CCOC1. The van der Waals surface area contributed by atoms with Crippen molar-refractivity contribution in [1.29, 1.82) is 0 Å². The van der Waals surface area contributed by atoms with Crippen LogP contribution in [0.3, 0.4) is 0 Å². The molecular weight excluding hydrogens is 382 g/mol. The lowest BCUT2D eigenvalue weighted by Gasteiger charge is -2.29. The van der Waals surface area contributed by atoms with Gasteiger partial charge in [-0.05, 0) is 46.5 Å². The molecule has 0 radical (unpaired) electrons. The van der Waals surface area contributed by atoms with Gasteiger partial charge in [-0.2, -0.15) is 5.10 Å². The molecule has 0 bridgehead atoms. The minimum Gasteiger partial charge on any atom is -0.379 e. The van der Waals surface area contributed by atoms with Crippen LogP contribution in [0.5, 0.6) is 0 Å². The fraction of sp³-hybridized carbons (Fsp3) is 0.375. The number of carbonyl (C=O) groups is 1. The molecule has 1 aliphatic rings. The molecule has 7 heteroatoms. The summed E-state index contributed by atoms with van der Waals surface area (Å²) in [4.78, 5) is 12.4. The van der Waals surface area contributed by atoms with E-state index in [1.165, 1.54) is 0 Å². The number of rotatable bonds is 5. The highest BCUT2D eigenvalue weighted by molar-refractivity contribution is 9.10. The number of hydrogen-bond acceptors (Lipinski definition) is 3. The summed E-state index contributed by atoms with van der Waals surface area (Å²) in [6.07, 6.45) is 4.95. The number of amides is 1. The number of nitrogens with zero attached hydrogens (tertiary/aromatic N) is 2. The van der Waals surface area contributed by atoms with Gasteiger partial charge in [-0.1, -0.05) is 23.7 Å². The van der Waals surface area contributed by atoms with Gasteiger partial charge in [0, 0.05) is 17.8 Å².